The van der Waals surface area contributed by atoms with Gasteiger partial charge in [0.25, 0.3) is 0 Å². The molecule has 0 unspecified atom stereocenters. The van der Waals surface area contributed by atoms with Gasteiger partial charge in [0.1, 0.15) is 0 Å². The van der Waals surface area contributed by atoms with E-state index >= 15 is 0 Å². The Bertz CT molecular complexity index is 1100. The van der Waals surface area contributed by atoms with Crippen molar-refractivity contribution in [2.45, 2.75) is 89.9 Å². The summed E-state index contributed by atoms with van der Waals surface area (Å²) in [5, 5.41) is 0. The summed E-state index contributed by atoms with van der Waals surface area (Å²) in [5.41, 5.74) is 10.2. The zero-order chi connectivity index (χ0) is 27.5. The first kappa shape index (κ1) is 29.6. The highest BCUT2D eigenvalue weighted by atomic mass is 16.5. The molecule has 0 atom stereocenters. The van der Waals surface area contributed by atoms with Gasteiger partial charge in [-0.15, -0.1) is 0 Å². The van der Waals surface area contributed by atoms with Crippen molar-refractivity contribution in [1.82, 2.24) is 0 Å². The van der Waals surface area contributed by atoms with E-state index in [0.717, 1.165) is 32.0 Å². The molecule has 0 aromatic heterocycles. The van der Waals surface area contributed by atoms with Gasteiger partial charge in [-0.2, -0.15) is 0 Å². The van der Waals surface area contributed by atoms with E-state index in [-0.39, 0.29) is 0 Å². The van der Waals surface area contributed by atoms with Crippen molar-refractivity contribution in [2.24, 2.45) is 5.92 Å². The first-order valence-electron chi connectivity index (χ1n) is 15.4. The maximum absolute atomic E-state index is 5.36. The number of unbranched alkanes of at least 4 members (excludes halogenated alkanes) is 2. The average molecular weight is 527 g/mol. The highest BCUT2D eigenvalue weighted by molar-refractivity contribution is 5.64. The van der Waals surface area contributed by atoms with Gasteiger partial charge >= 0.3 is 0 Å². The van der Waals surface area contributed by atoms with Crippen LogP contribution in [0.15, 0.2) is 66.7 Å². The molecule has 1 aliphatic carbocycles. The topological polar surface area (TPSA) is 18.5 Å². The van der Waals surface area contributed by atoms with Gasteiger partial charge < -0.3 is 9.47 Å². The summed E-state index contributed by atoms with van der Waals surface area (Å²) in [7, 11) is 3.52. The molecule has 3 aromatic carbocycles. The summed E-state index contributed by atoms with van der Waals surface area (Å²) in [5.74, 6) is 1.81. The third-order valence-electron chi connectivity index (χ3n) is 8.86. The van der Waals surface area contributed by atoms with Gasteiger partial charge in [0.15, 0.2) is 0 Å². The fourth-order valence-corrected chi connectivity index (χ4v) is 6.55. The predicted molar refractivity (Wildman–Crippen MR) is 166 cm³/mol. The van der Waals surface area contributed by atoms with Gasteiger partial charge in [-0.25, -0.2) is 0 Å². The van der Waals surface area contributed by atoms with Crippen molar-refractivity contribution >= 4 is 0 Å². The second-order valence-corrected chi connectivity index (χ2v) is 11.7. The van der Waals surface area contributed by atoms with Crippen LogP contribution in [0.5, 0.6) is 0 Å². The third-order valence-corrected chi connectivity index (χ3v) is 8.86. The van der Waals surface area contributed by atoms with Gasteiger partial charge in [0.05, 0.1) is 13.2 Å². The minimum absolute atomic E-state index is 0.392. The SMILES string of the molecule is CCCCCc1ccc(C2CCC(c3ccc(-c4ccc(CC(COC)COC)cc4)cc3)CC2)cc1CC. The van der Waals surface area contributed by atoms with E-state index in [0.29, 0.717) is 11.8 Å². The molecular formula is C37H50O2. The summed E-state index contributed by atoms with van der Waals surface area (Å²) in [6.07, 6.45) is 12.5. The number of methoxy groups -OCH3 is 2. The van der Waals surface area contributed by atoms with Crippen molar-refractivity contribution in [1.29, 1.82) is 0 Å². The van der Waals surface area contributed by atoms with E-state index < -0.39 is 0 Å². The molecule has 0 saturated heterocycles. The minimum Gasteiger partial charge on any atom is -0.384 e. The predicted octanol–water partition coefficient (Wildman–Crippen LogP) is 9.54. The molecule has 210 valence electrons. The van der Waals surface area contributed by atoms with Crippen LogP contribution in [-0.2, 0) is 28.7 Å². The lowest BCUT2D eigenvalue weighted by atomic mass is 9.75. The summed E-state index contributed by atoms with van der Waals surface area (Å²) in [6, 6.07) is 25.8. The molecule has 1 fully saturated rings. The Morgan fingerprint density at radius 2 is 1.23 bits per heavy atom. The standard InChI is InChI=1S/C37H50O2/c1-5-7-8-9-31-22-23-37(25-30(31)6-2)36-20-18-35(19-21-36)34-16-14-33(15-17-34)32-12-10-28(11-13-32)24-29(26-38-3)27-39-4/h10-17,22-23,25,29,35-36H,5-9,18-21,24,26-27H2,1-4H3. The van der Waals surface area contributed by atoms with Crippen molar-refractivity contribution in [3.05, 3.63) is 94.5 Å². The molecule has 0 spiro atoms. The molecule has 0 bridgehead atoms. The summed E-state index contributed by atoms with van der Waals surface area (Å²) < 4.78 is 10.7. The van der Waals surface area contributed by atoms with Gasteiger partial charge in [-0.1, -0.05) is 93.4 Å². The Kier molecular flexibility index (Phi) is 11.7. The normalized spacial score (nSPS) is 17.6. The Morgan fingerprint density at radius 1 is 0.667 bits per heavy atom. The van der Waals surface area contributed by atoms with E-state index in [1.807, 2.05) is 0 Å². The van der Waals surface area contributed by atoms with Gasteiger partial charge in [-0.05, 0) is 102 Å². The highest BCUT2D eigenvalue weighted by Crippen LogP contribution is 2.41. The molecule has 2 nitrogen and oxygen atoms in total. The monoisotopic (exact) mass is 526 g/mol. The number of benzene rings is 3. The van der Waals surface area contributed by atoms with Gasteiger partial charge in [0.2, 0.25) is 0 Å². The van der Waals surface area contributed by atoms with Crippen LogP contribution < -0.4 is 0 Å². The lowest BCUT2D eigenvalue weighted by Gasteiger charge is -2.30. The van der Waals surface area contributed by atoms with Crippen LogP contribution in [-0.4, -0.2) is 27.4 Å². The smallest absolute Gasteiger partial charge is 0.0515 e. The van der Waals surface area contributed by atoms with E-state index in [1.165, 1.54) is 73.6 Å². The van der Waals surface area contributed by atoms with Crippen LogP contribution in [0.4, 0.5) is 0 Å². The molecule has 4 rings (SSSR count). The zero-order valence-corrected chi connectivity index (χ0v) is 24.9. The zero-order valence-electron chi connectivity index (χ0n) is 24.9. The molecule has 0 radical (unpaired) electrons. The Labute approximate surface area is 238 Å². The molecule has 0 amide bonds. The van der Waals surface area contributed by atoms with Crippen LogP contribution in [0.1, 0.15) is 98.4 Å². The van der Waals surface area contributed by atoms with Gasteiger partial charge in [0, 0.05) is 20.1 Å². The van der Waals surface area contributed by atoms with Crippen LogP contribution in [0.2, 0.25) is 0 Å². The molecule has 39 heavy (non-hydrogen) atoms. The van der Waals surface area contributed by atoms with E-state index in [9.17, 15) is 0 Å². The Hall–Kier alpha value is -2.42. The van der Waals surface area contributed by atoms with Crippen molar-refractivity contribution in [2.75, 3.05) is 27.4 Å². The fraction of sp³-hybridized carbons (Fsp3) is 0.514. The van der Waals surface area contributed by atoms with Crippen LogP contribution in [0.25, 0.3) is 11.1 Å². The average Bonchev–Trinajstić information content (AvgIpc) is 2.98. The lowest BCUT2D eigenvalue weighted by molar-refractivity contribution is 0.0848. The largest absolute Gasteiger partial charge is 0.384 e. The Balaban J connectivity index is 1.32. The van der Waals surface area contributed by atoms with Crippen molar-refractivity contribution in [3.63, 3.8) is 0 Å². The molecule has 2 heteroatoms. The first-order valence-corrected chi connectivity index (χ1v) is 15.4. The molecule has 1 aliphatic rings. The number of ether oxygens (including phenoxy) is 2. The molecule has 0 heterocycles. The maximum Gasteiger partial charge on any atom is 0.0515 e. The van der Waals surface area contributed by atoms with E-state index in [2.05, 4.69) is 80.6 Å². The van der Waals surface area contributed by atoms with Crippen LogP contribution in [0, 0.1) is 5.92 Å². The van der Waals surface area contributed by atoms with E-state index in [4.69, 9.17) is 9.47 Å². The number of rotatable bonds is 14. The van der Waals surface area contributed by atoms with Crippen LogP contribution in [0.3, 0.4) is 0 Å². The lowest BCUT2D eigenvalue weighted by Crippen LogP contribution is -2.17. The van der Waals surface area contributed by atoms with Gasteiger partial charge in [-0.3, -0.25) is 0 Å². The first-order chi connectivity index (χ1) is 19.1. The number of aryl methyl sites for hydroxylation is 2. The fourth-order valence-electron chi connectivity index (χ4n) is 6.55. The second-order valence-electron chi connectivity index (χ2n) is 11.7. The summed E-state index contributed by atoms with van der Waals surface area (Å²) in [6.45, 7) is 6.06. The van der Waals surface area contributed by atoms with Crippen molar-refractivity contribution < 1.29 is 9.47 Å². The summed E-state index contributed by atoms with van der Waals surface area (Å²) in [4.78, 5) is 0. The summed E-state index contributed by atoms with van der Waals surface area (Å²) >= 11 is 0. The third kappa shape index (κ3) is 8.29. The molecule has 0 N–H and O–H groups in total. The maximum atomic E-state index is 5.36. The molecular weight excluding hydrogens is 476 g/mol. The van der Waals surface area contributed by atoms with Crippen LogP contribution >= 0.6 is 0 Å². The molecule has 1 saturated carbocycles. The quantitative estimate of drug-likeness (QED) is 0.195. The second kappa shape index (κ2) is 15.4. The molecule has 0 aliphatic heterocycles. The molecule has 3 aromatic rings. The minimum atomic E-state index is 0.392. The Morgan fingerprint density at radius 3 is 1.79 bits per heavy atom. The highest BCUT2D eigenvalue weighted by Gasteiger charge is 2.24. The number of hydrogen-bond donors (Lipinski definition) is 0. The van der Waals surface area contributed by atoms with E-state index in [1.54, 1.807) is 30.9 Å². The van der Waals surface area contributed by atoms with Crippen molar-refractivity contribution in [3.8, 4) is 11.1 Å². The number of hydrogen-bond acceptors (Lipinski definition) is 2.